The lowest BCUT2D eigenvalue weighted by Gasteiger charge is -2.30. The molecule has 0 saturated carbocycles. The Bertz CT molecular complexity index is 517. The van der Waals surface area contributed by atoms with Crippen molar-refractivity contribution in [1.29, 1.82) is 0 Å². The van der Waals surface area contributed by atoms with Crippen LogP contribution in [0.2, 0.25) is 0 Å². The number of benzene rings is 1. The molecule has 0 radical (unpaired) electrons. The van der Waals surface area contributed by atoms with E-state index in [2.05, 4.69) is 0 Å². The van der Waals surface area contributed by atoms with E-state index in [1.807, 2.05) is 18.2 Å². The molecular weight excluding hydrogens is 207 g/mol. The Morgan fingerprint density at radius 2 is 2.00 bits per heavy atom. The first kappa shape index (κ1) is 9.33. The van der Waals surface area contributed by atoms with E-state index < -0.39 is 5.82 Å². The van der Waals surface area contributed by atoms with Crippen molar-refractivity contribution in [3.8, 4) is 5.75 Å². The third kappa shape index (κ3) is 1.28. The predicted octanol–water partition coefficient (Wildman–Crippen LogP) is 2.51. The van der Waals surface area contributed by atoms with Gasteiger partial charge in [0.2, 0.25) is 0 Å². The molecule has 0 amide bonds. The van der Waals surface area contributed by atoms with Gasteiger partial charge >= 0.3 is 0 Å². The molecule has 0 fully saturated rings. The van der Waals surface area contributed by atoms with Crippen LogP contribution in [0.1, 0.15) is 10.4 Å². The van der Waals surface area contributed by atoms with Gasteiger partial charge in [0.25, 0.3) is 0 Å². The van der Waals surface area contributed by atoms with Crippen molar-refractivity contribution in [2.75, 3.05) is 0 Å². The van der Waals surface area contributed by atoms with E-state index >= 15 is 0 Å². The van der Waals surface area contributed by atoms with Crippen molar-refractivity contribution >= 4 is 5.78 Å². The van der Waals surface area contributed by atoms with Gasteiger partial charge in [0.15, 0.2) is 5.78 Å². The molecule has 2 nitrogen and oxygen atoms in total. The highest BCUT2D eigenvalue weighted by Gasteiger charge is 2.35. The van der Waals surface area contributed by atoms with Crippen LogP contribution in [0.15, 0.2) is 42.5 Å². The molecule has 0 saturated heterocycles. The predicted molar refractivity (Wildman–Crippen MR) is 56.9 cm³/mol. The summed E-state index contributed by atoms with van der Waals surface area (Å²) < 4.78 is 18.7. The minimum atomic E-state index is -0.413. The van der Waals surface area contributed by atoms with Gasteiger partial charge in [-0.3, -0.25) is 4.79 Å². The van der Waals surface area contributed by atoms with Crippen LogP contribution < -0.4 is 4.74 Å². The molecule has 1 heterocycles. The van der Waals surface area contributed by atoms with Crippen molar-refractivity contribution in [3.63, 3.8) is 0 Å². The molecule has 0 aromatic heterocycles. The lowest BCUT2D eigenvalue weighted by Crippen LogP contribution is -2.36. The maximum Gasteiger partial charge on any atom is 0.177 e. The molecular formula is C13H9FO2. The van der Waals surface area contributed by atoms with Crippen LogP contribution >= 0.6 is 0 Å². The van der Waals surface area contributed by atoms with Crippen LogP contribution in [0, 0.1) is 11.7 Å². The Balaban J connectivity index is 2.11. The molecule has 0 N–H and O–H groups in total. The second kappa shape index (κ2) is 3.30. The van der Waals surface area contributed by atoms with Gasteiger partial charge in [-0.2, -0.15) is 0 Å². The molecule has 0 bridgehead atoms. The normalized spacial score (nSPS) is 25.9. The number of rotatable bonds is 0. The summed E-state index contributed by atoms with van der Waals surface area (Å²) in [6, 6.07) is 4.04. The third-order valence-electron chi connectivity index (χ3n) is 2.86. The second-order valence-corrected chi connectivity index (χ2v) is 3.88. The van der Waals surface area contributed by atoms with Crippen molar-refractivity contribution in [1.82, 2.24) is 0 Å². The van der Waals surface area contributed by atoms with Crippen molar-refractivity contribution in [2.24, 2.45) is 5.92 Å². The number of carbonyl (C=O) groups is 1. The number of ether oxygens (including phenoxy) is 1. The fourth-order valence-electron chi connectivity index (χ4n) is 2.06. The van der Waals surface area contributed by atoms with Gasteiger partial charge in [0, 0.05) is 0 Å². The molecule has 2 aliphatic rings. The molecule has 1 aliphatic heterocycles. The third-order valence-corrected chi connectivity index (χ3v) is 2.86. The van der Waals surface area contributed by atoms with Crippen LogP contribution in [-0.2, 0) is 0 Å². The Hall–Kier alpha value is -1.90. The maximum absolute atomic E-state index is 13.1. The summed E-state index contributed by atoms with van der Waals surface area (Å²) in [5.41, 5.74) is 0.334. The highest BCUT2D eigenvalue weighted by molar-refractivity contribution is 6.03. The summed E-state index contributed by atoms with van der Waals surface area (Å²) in [5.74, 6) is -0.345. The fraction of sp³-hybridized carbons (Fsp3) is 0.154. The molecule has 1 aromatic rings. The lowest BCUT2D eigenvalue weighted by atomic mass is 9.86. The number of hydrogen-bond donors (Lipinski definition) is 0. The molecule has 80 valence electrons. The zero-order valence-electron chi connectivity index (χ0n) is 8.39. The van der Waals surface area contributed by atoms with E-state index in [0.717, 1.165) is 0 Å². The molecule has 3 rings (SSSR count). The van der Waals surface area contributed by atoms with E-state index in [0.29, 0.717) is 11.3 Å². The van der Waals surface area contributed by atoms with Crippen LogP contribution in [0.25, 0.3) is 0 Å². The lowest BCUT2D eigenvalue weighted by molar-refractivity contribution is 0.0806. The minimum absolute atomic E-state index is 0.0775. The van der Waals surface area contributed by atoms with Gasteiger partial charge in [-0.15, -0.1) is 0 Å². The topological polar surface area (TPSA) is 26.3 Å². The van der Waals surface area contributed by atoms with Crippen molar-refractivity contribution in [3.05, 3.63) is 53.9 Å². The first-order valence-electron chi connectivity index (χ1n) is 5.11. The average Bonchev–Trinajstić information content (AvgIpc) is 2.31. The highest BCUT2D eigenvalue weighted by atomic mass is 19.1. The molecule has 16 heavy (non-hydrogen) atoms. The molecule has 3 heteroatoms. The van der Waals surface area contributed by atoms with Gasteiger partial charge in [-0.25, -0.2) is 4.39 Å². The number of Topliss-reactive ketones (excluding diaryl/α,β-unsaturated/α-hetero) is 1. The summed E-state index contributed by atoms with van der Waals surface area (Å²) in [6.07, 6.45) is 7.04. The number of hydrogen-bond acceptors (Lipinski definition) is 2. The first-order chi connectivity index (χ1) is 7.75. The number of halogens is 1. The summed E-state index contributed by atoms with van der Waals surface area (Å²) >= 11 is 0. The molecule has 1 aromatic carbocycles. The van der Waals surface area contributed by atoms with Crippen LogP contribution in [0.5, 0.6) is 5.75 Å². The zero-order chi connectivity index (χ0) is 11.1. The number of carbonyl (C=O) groups excluding carboxylic acids is 1. The average molecular weight is 216 g/mol. The van der Waals surface area contributed by atoms with Gasteiger partial charge in [0.05, 0.1) is 11.5 Å². The van der Waals surface area contributed by atoms with E-state index in [9.17, 15) is 9.18 Å². The molecule has 2 atom stereocenters. The summed E-state index contributed by atoms with van der Waals surface area (Å²) in [7, 11) is 0. The Labute approximate surface area is 92.0 Å². The fourth-order valence-corrected chi connectivity index (χ4v) is 2.06. The summed E-state index contributed by atoms with van der Waals surface area (Å²) in [4.78, 5) is 12.1. The smallest absolute Gasteiger partial charge is 0.177 e. The second-order valence-electron chi connectivity index (χ2n) is 3.88. The van der Waals surface area contributed by atoms with E-state index in [-0.39, 0.29) is 17.8 Å². The van der Waals surface area contributed by atoms with Gasteiger partial charge in [-0.1, -0.05) is 18.2 Å². The largest absolute Gasteiger partial charge is 0.484 e. The maximum atomic E-state index is 13.1. The standard InChI is InChI=1S/C13H9FO2/c14-8-5-6-12-10(7-8)13(15)9-3-1-2-4-11(9)16-12/h1-7,9,11H/t9-,11-/m0/s1. The SMILES string of the molecule is O=C1c2cc(F)ccc2O[C@H]2C=CC=C[C@H]12. The Kier molecular flexibility index (Phi) is 1.93. The van der Waals surface area contributed by atoms with Crippen LogP contribution in [0.4, 0.5) is 4.39 Å². The molecule has 0 unspecified atom stereocenters. The highest BCUT2D eigenvalue weighted by Crippen LogP contribution is 2.33. The number of ketones is 1. The van der Waals surface area contributed by atoms with Gasteiger partial charge in [-0.05, 0) is 24.3 Å². The van der Waals surface area contributed by atoms with Gasteiger partial charge < -0.3 is 4.74 Å². The van der Waals surface area contributed by atoms with E-state index in [1.54, 1.807) is 6.08 Å². The minimum Gasteiger partial charge on any atom is -0.484 e. The van der Waals surface area contributed by atoms with E-state index in [1.165, 1.54) is 18.2 Å². The van der Waals surface area contributed by atoms with Crippen LogP contribution in [-0.4, -0.2) is 11.9 Å². The number of allylic oxidation sites excluding steroid dienone is 2. The molecule has 1 aliphatic carbocycles. The number of fused-ring (bicyclic) bond motifs is 2. The Morgan fingerprint density at radius 1 is 1.19 bits per heavy atom. The monoisotopic (exact) mass is 216 g/mol. The summed E-state index contributed by atoms with van der Waals surface area (Å²) in [5, 5.41) is 0. The van der Waals surface area contributed by atoms with Crippen molar-refractivity contribution < 1.29 is 13.9 Å². The van der Waals surface area contributed by atoms with Gasteiger partial charge in [0.1, 0.15) is 17.7 Å². The van der Waals surface area contributed by atoms with E-state index in [4.69, 9.17) is 4.74 Å². The first-order valence-corrected chi connectivity index (χ1v) is 5.11. The molecule has 0 spiro atoms. The Morgan fingerprint density at radius 3 is 2.88 bits per heavy atom. The van der Waals surface area contributed by atoms with Crippen molar-refractivity contribution in [2.45, 2.75) is 6.10 Å². The van der Waals surface area contributed by atoms with Crippen LogP contribution in [0.3, 0.4) is 0 Å². The summed E-state index contributed by atoms with van der Waals surface area (Å²) in [6.45, 7) is 0. The quantitative estimate of drug-likeness (QED) is 0.666. The zero-order valence-corrected chi connectivity index (χ0v) is 8.39.